The molecule has 0 spiro atoms. The fourth-order valence-corrected chi connectivity index (χ4v) is 1.59. The van der Waals surface area contributed by atoms with Crippen LogP contribution in [-0.4, -0.2) is 15.2 Å². The molecule has 0 saturated carbocycles. The highest BCUT2D eigenvalue weighted by Crippen LogP contribution is 2.21. The minimum Gasteiger partial charge on any atom is -0.336 e. The first-order chi connectivity index (χ1) is 8.61. The Morgan fingerprint density at radius 1 is 1.17 bits per heavy atom. The summed E-state index contributed by atoms with van der Waals surface area (Å²) in [5.41, 5.74) is 3.96. The third-order valence-electron chi connectivity index (χ3n) is 2.70. The van der Waals surface area contributed by atoms with Gasteiger partial charge in [-0.1, -0.05) is 0 Å². The van der Waals surface area contributed by atoms with Crippen LogP contribution in [0.5, 0.6) is 0 Å². The summed E-state index contributed by atoms with van der Waals surface area (Å²) in [5.74, 6) is 0.466. The number of rotatable bonds is 2. The molecule has 2 rings (SSSR count). The predicted molar refractivity (Wildman–Crippen MR) is 68.5 cm³/mol. The van der Waals surface area contributed by atoms with Crippen molar-refractivity contribution in [3.05, 3.63) is 40.8 Å². The summed E-state index contributed by atoms with van der Waals surface area (Å²) in [4.78, 5) is 4.08. The van der Waals surface area contributed by atoms with Crippen LogP contribution in [0.25, 0.3) is 0 Å². The molecule has 0 aliphatic rings. The van der Waals surface area contributed by atoms with Gasteiger partial charge in [0.25, 0.3) is 0 Å². The van der Waals surface area contributed by atoms with Crippen molar-refractivity contribution in [2.45, 2.75) is 20.8 Å². The van der Waals surface area contributed by atoms with Crippen LogP contribution in [0.2, 0.25) is 0 Å². The Balaban J connectivity index is 2.42. The van der Waals surface area contributed by atoms with Gasteiger partial charge in [-0.2, -0.15) is 10.4 Å². The lowest BCUT2D eigenvalue weighted by Gasteiger charge is -2.09. The largest absolute Gasteiger partial charge is 0.336 e. The van der Waals surface area contributed by atoms with Gasteiger partial charge in [0.1, 0.15) is 11.6 Å². The van der Waals surface area contributed by atoms with Gasteiger partial charge in [0.15, 0.2) is 5.82 Å². The lowest BCUT2D eigenvalue weighted by molar-refractivity contribution is 0.960. The standard InChI is InChI=1S/C13H13N5/c1-8-4-11(7-15-6-8)16-13-12(5-14)9(2)10(3)17-18-13/h4,6-7H,1-3H3,(H,16,18). The van der Waals surface area contributed by atoms with Gasteiger partial charge >= 0.3 is 0 Å². The Kier molecular flexibility index (Phi) is 3.20. The van der Waals surface area contributed by atoms with Gasteiger partial charge in [-0.05, 0) is 38.0 Å². The van der Waals surface area contributed by atoms with E-state index in [1.54, 1.807) is 12.4 Å². The highest BCUT2D eigenvalue weighted by Gasteiger charge is 2.10. The van der Waals surface area contributed by atoms with Crippen LogP contribution in [0.4, 0.5) is 11.5 Å². The van der Waals surface area contributed by atoms with Crippen molar-refractivity contribution in [2.24, 2.45) is 0 Å². The molecule has 0 bridgehead atoms. The van der Waals surface area contributed by atoms with E-state index in [4.69, 9.17) is 0 Å². The summed E-state index contributed by atoms with van der Waals surface area (Å²) in [7, 11) is 0. The minimum atomic E-state index is 0.466. The number of hydrogen-bond acceptors (Lipinski definition) is 5. The molecule has 2 aromatic rings. The van der Waals surface area contributed by atoms with Crippen LogP contribution < -0.4 is 5.32 Å². The van der Waals surface area contributed by atoms with Crippen molar-refractivity contribution in [1.82, 2.24) is 15.2 Å². The molecule has 2 heterocycles. The molecule has 1 N–H and O–H groups in total. The number of pyridine rings is 1. The van der Waals surface area contributed by atoms with Crippen molar-refractivity contribution >= 4 is 11.5 Å². The Morgan fingerprint density at radius 3 is 2.61 bits per heavy atom. The number of nitriles is 1. The lowest BCUT2D eigenvalue weighted by Crippen LogP contribution is -2.03. The molecule has 0 aliphatic carbocycles. The Hall–Kier alpha value is -2.48. The van der Waals surface area contributed by atoms with Gasteiger partial charge in [-0.3, -0.25) is 4.98 Å². The molecule has 0 aliphatic heterocycles. The molecular weight excluding hydrogens is 226 g/mol. The zero-order valence-corrected chi connectivity index (χ0v) is 10.5. The smallest absolute Gasteiger partial charge is 0.171 e. The van der Waals surface area contributed by atoms with Gasteiger partial charge in [0.05, 0.1) is 17.6 Å². The molecule has 0 amide bonds. The fourth-order valence-electron chi connectivity index (χ4n) is 1.59. The second-order valence-corrected chi connectivity index (χ2v) is 4.12. The first kappa shape index (κ1) is 12.0. The molecule has 2 aromatic heterocycles. The van der Waals surface area contributed by atoms with Crippen molar-refractivity contribution in [1.29, 1.82) is 5.26 Å². The third-order valence-corrected chi connectivity index (χ3v) is 2.70. The Labute approximate surface area is 106 Å². The highest BCUT2D eigenvalue weighted by atomic mass is 15.2. The van der Waals surface area contributed by atoms with E-state index in [0.29, 0.717) is 11.4 Å². The maximum Gasteiger partial charge on any atom is 0.171 e. The number of nitrogens with zero attached hydrogens (tertiary/aromatic N) is 4. The van der Waals surface area contributed by atoms with Crippen molar-refractivity contribution in [2.75, 3.05) is 5.32 Å². The van der Waals surface area contributed by atoms with Crippen LogP contribution in [0, 0.1) is 32.1 Å². The Morgan fingerprint density at radius 2 is 1.94 bits per heavy atom. The summed E-state index contributed by atoms with van der Waals surface area (Å²) >= 11 is 0. The normalized spacial score (nSPS) is 9.89. The van der Waals surface area contributed by atoms with E-state index in [-0.39, 0.29) is 0 Å². The molecule has 0 unspecified atom stereocenters. The Bertz CT molecular complexity index is 628. The SMILES string of the molecule is Cc1cncc(Nc2nnc(C)c(C)c2C#N)c1. The van der Waals surface area contributed by atoms with Gasteiger partial charge in [0.2, 0.25) is 0 Å². The molecule has 5 nitrogen and oxygen atoms in total. The number of anilines is 2. The van der Waals surface area contributed by atoms with Gasteiger partial charge in [0, 0.05) is 6.20 Å². The number of aromatic nitrogens is 3. The summed E-state index contributed by atoms with van der Waals surface area (Å²) in [6.07, 6.45) is 3.45. The molecule has 0 atom stereocenters. The summed E-state index contributed by atoms with van der Waals surface area (Å²) in [6.45, 7) is 5.65. The zero-order valence-electron chi connectivity index (χ0n) is 10.5. The van der Waals surface area contributed by atoms with E-state index < -0.39 is 0 Å². The van der Waals surface area contributed by atoms with E-state index in [0.717, 1.165) is 22.5 Å². The third kappa shape index (κ3) is 2.28. The molecule has 0 radical (unpaired) electrons. The molecule has 5 heteroatoms. The topological polar surface area (TPSA) is 74.5 Å². The van der Waals surface area contributed by atoms with Crippen LogP contribution >= 0.6 is 0 Å². The molecule has 90 valence electrons. The van der Waals surface area contributed by atoms with Crippen LogP contribution in [0.15, 0.2) is 18.5 Å². The lowest BCUT2D eigenvalue weighted by atomic mass is 10.1. The van der Waals surface area contributed by atoms with E-state index in [1.807, 2.05) is 26.8 Å². The average Bonchev–Trinajstić information content (AvgIpc) is 2.34. The molecule has 0 saturated heterocycles. The predicted octanol–water partition coefficient (Wildman–Crippen LogP) is 2.41. The second-order valence-electron chi connectivity index (χ2n) is 4.12. The second kappa shape index (κ2) is 4.80. The highest BCUT2D eigenvalue weighted by molar-refractivity contribution is 5.64. The minimum absolute atomic E-state index is 0.466. The average molecular weight is 239 g/mol. The zero-order chi connectivity index (χ0) is 13.1. The van der Waals surface area contributed by atoms with Crippen molar-refractivity contribution < 1.29 is 0 Å². The van der Waals surface area contributed by atoms with Gasteiger partial charge in [-0.25, -0.2) is 0 Å². The number of aryl methyl sites for hydroxylation is 2. The van der Waals surface area contributed by atoms with Crippen molar-refractivity contribution in [3.8, 4) is 6.07 Å². The van der Waals surface area contributed by atoms with E-state index in [9.17, 15) is 5.26 Å². The van der Waals surface area contributed by atoms with Crippen LogP contribution in [0.3, 0.4) is 0 Å². The van der Waals surface area contributed by atoms with Crippen molar-refractivity contribution in [3.63, 3.8) is 0 Å². The van der Waals surface area contributed by atoms with Crippen LogP contribution in [0.1, 0.15) is 22.4 Å². The quantitative estimate of drug-likeness (QED) is 0.871. The first-order valence-electron chi connectivity index (χ1n) is 5.54. The van der Waals surface area contributed by atoms with Gasteiger partial charge < -0.3 is 5.32 Å². The van der Waals surface area contributed by atoms with Gasteiger partial charge in [-0.15, -0.1) is 5.10 Å². The number of hydrogen-bond donors (Lipinski definition) is 1. The maximum absolute atomic E-state index is 9.18. The monoisotopic (exact) mass is 239 g/mol. The van der Waals surface area contributed by atoms with E-state index >= 15 is 0 Å². The molecule has 0 aromatic carbocycles. The maximum atomic E-state index is 9.18. The molecule has 0 fully saturated rings. The number of nitrogens with one attached hydrogen (secondary N) is 1. The summed E-state index contributed by atoms with van der Waals surface area (Å²) in [5, 5.41) is 20.3. The summed E-state index contributed by atoms with van der Waals surface area (Å²) < 4.78 is 0. The first-order valence-corrected chi connectivity index (χ1v) is 5.54. The van der Waals surface area contributed by atoms with Crippen LogP contribution in [-0.2, 0) is 0 Å². The summed E-state index contributed by atoms with van der Waals surface area (Å²) in [6, 6.07) is 4.09. The van der Waals surface area contributed by atoms with E-state index in [2.05, 4.69) is 26.6 Å². The fraction of sp³-hybridized carbons (Fsp3) is 0.231. The molecule has 18 heavy (non-hydrogen) atoms. The molecular formula is C13H13N5. The van der Waals surface area contributed by atoms with E-state index in [1.165, 1.54) is 0 Å².